The van der Waals surface area contributed by atoms with E-state index in [0.717, 1.165) is 63.1 Å². The summed E-state index contributed by atoms with van der Waals surface area (Å²) in [5, 5.41) is 0.769. The van der Waals surface area contributed by atoms with E-state index in [1.54, 1.807) is 7.11 Å². The molecular weight excluding hydrogens is 443 g/mol. The summed E-state index contributed by atoms with van der Waals surface area (Å²) in [5.41, 5.74) is 2.53. The molecule has 0 amide bonds. The Balaban J connectivity index is 0.00000225. The van der Waals surface area contributed by atoms with Gasteiger partial charge in [0.25, 0.3) is 0 Å². The Labute approximate surface area is 198 Å². The molecule has 0 atom stereocenters. The lowest BCUT2D eigenvalue weighted by Gasteiger charge is -2.34. The zero-order valence-corrected chi connectivity index (χ0v) is 20.0. The smallest absolute Gasteiger partial charge is 0.119 e. The second kappa shape index (κ2) is 14.9. The van der Waals surface area contributed by atoms with E-state index in [4.69, 9.17) is 21.1 Å². The minimum absolute atomic E-state index is 0. The van der Waals surface area contributed by atoms with Crippen LogP contribution in [0.25, 0.3) is 0 Å². The molecule has 2 aromatic rings. The summed E-state index contributed by atoms with van der Waals surface area (Å²) >= 11 is 5.90. The van der Waals surface area contributed by atoms with Crippen molar-refractivity contribution in [1.82, 2.24) is 9.80 Å². The van der Waals surface area contributed by atoms with Crippen molar-refractivity contribution in [3.8, 4) is 5.75 Å². The molecule has 0 radical (unpaired) electrons. The number of aryl methyl sites for hydroxylation is 1. The van der Waals surface area contributed by atoms with E-state index in [-0.39, 0.29) is 24.8 Å². The van der Waals surface area contributed by atoms with Gasteiger partial charge in [-0.3, -0.25) is 4.90 Å². The van der Waals surface area contributed by atoms with Crippen LogP contribution in [0.2, 0.25) is 5.02 Å². The highest BCUT2D eigenvalue weighted by Gasteiger charge is 2.16. The highest BCUT2D eigenvalue weighted by molar-refractivity contribution is 6.30. The van der Waals surface area contributed by atoms with Gasteiger partial charge in [-0.2, -0.15) is 0 Å². The van der Waals surface area contributed by atoms with E-state index in [1.165, 1.54) is 17.5 Å². The Hall–Kier alpha value is -1.01. The molecular formula is C23H33Cl3N2O2. The van der Waals surface area contributed by atoms with E-state index in [9.17, 15) is 0 Å². The van der Waals surface area contributed by atoms with Crippen LogP contribution in [0.15, 0.2) is 48.5 Å². The SMILES string of the molecule is COc1cccc(CCCN2CCN(CCOCc3ccc(Cl)cc3)CC2)c1.Cl.Cl. The third-order valence-corrected chi connectivity index (χ3v) is 5.52. The molecule has 0 aliphatic carbocycles. The van der Waals surface area contributed by atoms with E-state index in [1.807, 2.05) is 30.3 Å². The second-order valence-electron chi connectivity index (χ2n) is 7.32. The van der Waals surface area contributed by atoms with Crippen molar-refractivity contribution >= 4 is 36.4 Å². The van der Waals surface area contributed by atoms with Crippen molar-refractivity contribution < 1.29 is 9.47 Å². The Morgan fingerprint density at radius 3 is 2.20 bits per heavy atom. The second-order valence-corrected chi connectivity index (χ2v) is 7.75. The Morgan fingerprint density at radius 1 is 0.867 bits per heavy atom. The van der Waals surface area contributed by atoms with Crippen LogP contribution in [0.5, 0.6) is 5.75 Å². The van der Waals surface area contributed by atoms with Gasteiger partial charge in [-0.05, 0) is 54.8 Å². The van der Waals surface area contributed by atoms with Crippen molar-refractivity contribution in [3.05, 3.63) is 64.7 Å². The van der Waals surface area contributed by atoms with Crippen molar-refractivity contribution in [1.29, 1.82) is 0 Å². The van der Waals surface area contributed by atoms with E-state index in [0.29, 0.717) is 6.61 Å². The van der Waals surface area contributed by atoms with E-state index < -0.39 is 0 Å². The van der Waals surface area contributed by atoms with Crippen LogP contribution in [-0.4, -0.2) is 62.8 Å². The average Bonchev–Trinajstić information content (AvgIpc) is 2.74. The quantitative estimate of drug-likeness (QED) is 0.454. The number of rotatable bonds is 10. The minimum atomic E-state index is 0. The normalized spacial score (nSPS) is 14.6. The van der Waals surface area contributed by atoms with Crippen molar-refractivity contribution in [3.63, 3.8) is 0 Å². The van der Waals surface area contributed by atoms with Gasteiger partial charge in [-0.1, -0.05) is 35.9 Å². The summed E-state index contributed by atoms with van der Waals surface area (Å²) in [5.74, 6) is 0.949. The van der Waals surface area contributed by atoms with Gasteiger partial charge in [-0.15, -0.1) is 24.8 Å². The monoisotopic (exact) mass is 474 g/mol. The maximum absolute atomic E-state index is 5.90. The molecule has 30 heavy (non-hydrogen) atoms. The zero-order chi connectivity index (χ0) is 19.6. The molecule has 0 saturated carbocycles. The summed E-state index contributed by atoms with van der Waals surface area (Å²) in [6.07, 6.45) is 2.30. The number of benzene rings is 2. The van der Waals surface area contributed by atoms with E-state index >= 15 is 0 Å². The van der Waals surface area contributed by atoms with E-state index in [2.05, 4.69) is 28.0 Å². The van der Waals surface area contributed by atoms with Gasteiger partial charge in [0.1, 0.15) is 5.75 Å². The number of halogens is 3. The average molecular weight is 476 g/mol. The number of methoxy groups -OCH3 is 1. The van der Waals surface area contributed by atoms with Crippen LogP contribution in [0.1, 0.15) is 17.5 Å². The topological polar surface area (TPSA) is 24.9 Å². The molecule has 7 heteroatoms. The summed E-state index contributed by atoms with van der Waals surface area (Å²) in [6, 6.07) is 16.3. The molecule has 168 valence electrons. The number of nitrogens with zero attached hydrogens (tertiary/aromatic N) is 2. The molecule has 1 fully saturated rings. The predicted molar refractivity (Wildman–Crippen MR) is 130 cm³/mol. The standard InChI is InChI=1S/C23H31ClN2O2.2ClH/c1-27-23-6-2-4-20(18-23)5-3-11-25-12-14-26(15-13-25)16-17-28-19-21-7-9-22(24)10-8-21;;/h2,4,6-10,18H,3,5,11-17,19H2,1H3;2*1H. The van der Waals surface area contributed by atoms with Crippen LogP contribution in [0.3, 0.4) is 0 Å². The first-order valence-electron chi connectivity index (χ1n) is 10.1. The predicted octanol–water partition coefficient (Wildman–Crippen LogP) is 4.96. The van der Waals surface area contributed by atoms with Gasteiger partial charge in [0, 0.05) is 37.7 Å². The van der Waals surface area contributed by atoms with Crippen LogP contribution in [0.4, 0.5) is 0 Å². The fraction of sp³-hybridized carbons (Fsp3) is 0.478. The number of hydrogen-bond donors (Lipinski definition) is 0. The summed E-state index contributed by atoms with van der Waals surface area (Å²) in [6.45, 7) is 8.15. The minimum Gasteiger partial charge on any atom is -0.497 e. The van der Waals surface area contributed by atoms with Gasteiger partial charge in [0.05, 0.1) is 20.3 Å². The van der Waals surface area contributed by atoms with Gasteiger partial charge in [-0.25, -0.2) is 0 Å². The third-order valence-electron chi connectivity index (χ3n) is 5.27. The molecule has 0 N–H and O–H groups in total. The van der Waals surface area contributed by atoms with Gasteiger partial charge in [0.15, 0.2) is 0 Å². The van der Waals surface area contributed by atoms with Gasteiger partial charge >= 0.3 is 0 Å². The molecule has 0 bridgehead atoms. The molecule has 0 aromatic heterocycles. The van der Waals surface area contributed by atoms with Gasteiger partial charge in [0.2, 0.25) is 0 Å². The molecule has 1 aliphatic rings. The lowest BCUT2D eigenvalue weighted by atomic mass is 10.1. The molecule has 0 unspecified atom stereocenters. The zero-order valence-electron chi connectivity index (χ0n) is 17.6. The van der Waals surface area contributed by atoms with Crippen LogP contribution < -0.4 is 4.74 Å². The lowest BCUT2D eigenvalue weighted by molar-refractivity contribution is 0.0682. The maximum Gasteiger partial charge on any atom is 0.119 e. The molecule has 1 aliphatic heterocycles. The first-order valence-corrected chi connectivity index (χ1v) is 10.5. The molecule has 2 aromatic carbocycles. The summed E-state index contributed by atoms with van der Waals surface area (Å²) in [7, 11) is 1.72. The van der Waals surface area contributed by atoms with Crippen molar-refractivity contribution in [2.24, 2.45) is 0 Å². The van der Waals surface area contributed by atoms with Crippen molar-refractivity contribution in [2.45, 2.75) is 19.4 Å². The highest BCUT2D eigenvalue weighted by atomic mass is 35.5. The lowest BCUT2D eigenvalue weighted by Crippen LogP contribution is -2.47. The van der Waals surface area contributed by atoms with Crippen LogP contribution in [-0.2, 0) is 17.8 Å². The first kappa shape index (κ1) is 27.0. The molecule has 4 nitrogen and oxygen atoms in total. The van der Waals surface area contributed by atoms with Crippen molar-refractivity contribution in [2.75, 3.05) is 53.0 Å². The molecule has 0 spiro atoms. The van der Waals surface area contributed by atoms with Gasteiger partial charge < -0.3 is 14.4 Å². The Bertz CT molecular complexity index is 708. The fourth-order valence-electron chi connectivity index (χ4n) is 3.54. The molecule has 1 saturated heterocycles. The Kier molecular flexibility index (Phi) is 13.4. The fourth-order valence-corrected chi connectivity index (χ4v) is 3.66. The number of ether oxygens (including phenoxy) is 2. The first-order chi connectivity index (χ1) is 13.7. The number of hydrogen-bond acceptors (Lipinski definition) is 4. The largest absolute Gasteiger partial charge is 0.497 e. The molecule has 3 rings (SSSR count). The maximum atomic E-state index is 5.90. The van der Waals surface area contributed by atoms with Crippen LogP contribution >= 0.6 is 36.4 Å². The summed E-state index contributed by atoms with van der Waals surface area (Å²) in [4.78, 5) is 5.08. The van der Waals surface area contributed by atoms with Crippen LogP contribution in [0, 0.1) is 0 Å². The number of piperazine rings is 1. The molecule has 1 heterocycles. The Morgan fingerprint density at radius 2 is 1.53 bits per heavy atom. The third kappa shape index (κ3) is 9.42. The highest BCUT2D eigenvalue weighted by Crippen LogP contribution is 2.14. The summed E-state index contributed by atoms with van der Waals surface area (Å²) < 4.78 is 11.1.